The highest BCUT2D eigenvalue weighted by Crippen LogP contribution is 2.19. The molecule has 7 nitrogen and oxygen atoms in total. The number of nitro benzene ring substituents is 1. The normalized spacial score (nSPS) is 13.2. The van der Waals surface area contributed by atoms with E-state index in [1.165, 1.54) is 6.07 Å². The second kappa shape index (κ2) is 6.10. The monoisotopic (exact) mass is 295 g/mol. The van der Waals surface area contributed by atoms with Crippen LogP contribution in [0.25, 0.3) is 0 Å². The number of hydrogen-bond donors (Lipinski definition) is 1. The van der Waals surface area contributed by atoms with Gasteiger partial charge in [-0.15, -0.1) is 11.6 Å². The number of nitro groups is 1. The molecule has 1 aromatic carbocycles. The van der Waals surface area contributed by atoms with Gasteiger partial charge >= 0.3 is 0 Å². The first-order chi connectivity index (χ1) is 8.36. The Morgan fingerprint density at radius 3 is 2.72 bits per heavy atom. The van der Waals surface area contributed by atoms with Gasteiger partial charge in [-0.2, -0.15) is 8.42 Å². The number of halogens is 1. The lowest BCUT2D eigenvalue weighted by Gasteiger charge is -2.08. The second-order valence-electron chi connectivity index (χ2n) is 3.30. The Hall–Kier alpha value is -1.22. The van der Waals surface area contributed by atoms with Gasteiger partial charge in [-0.25, -0.2) is 0 Å². The van der Waals surface area contributed by atoms with E-state index in [0.717, 1.165) is 18.2 Å². The zero-order valence-corrected chi connectivity index (χ0v) is 10.6. The predicted molar refractivity (Wildman–Crippen MR) is 63.0 cm³/mol. The van der Waals surface area contributed by atoms with Gasteiger partial charge in [-0.1, -0.05) is 6.07 Å². The van der Waals surface area contributed by atoms with Gasteiger partial charge in [0, 0.05) is 12.1 Å². The van der Waals surface area contributed by atoms with Crippen LogP contribution in [0.2, 0.25) is 0 Å². The third kappa shape index (κ3) is 3.91. The SMILES string of the molecule is O=[N+]([O-])c1cccc(S(=O)(=O)OC[C@H](O)CCl)c1. The van der Waals surface area contributed by atoms with E-state index in [9.17, 15) is 18.5 Å². The number of alkyl halides is 1. The van der Waals surface area contributed by atoms with E-state index in [2.05, 4.69) is 4.18 Å². The topological polar surface area (TPSA) is 107 Å². The minimum absolute atomic E-state index is 0.176. The summed E-state index contributed by atoms with van der Waals surface area (Å²) < 4.78 is 27.8. The molecule has 100 valence electrons. The molecule has 9 heteroatoms. The van der Waals surface area contributed by atoms with Crippen molar-refractivity contribution in [1.29, 1.82) is 0 Å². The number of aliphatic hydroxyl groups is 1. The molecule has 0 amide bonds. The molecule has 0 heterocycles. The first kappa shape index (κ1) is 14.8. The summed E-state index contributed by atoms with van der Waals surface area (Å²) in [6.45, 7) is -0.505. The molecule has 1 aromatic rings. The highest BCUT2D eigenvalue weighted by Gasteiger charge is 2.19. The fourth-order valence-corrected chi connectivity index (χ4v) is 2.11. The molecular formula is C9H10ClNO6S. The molecule has 1 atom stereocenters. The number of non-ortho nitro benzene ring substituents is 1. The van der Waals surface area contributed by atoms with Gasteiger partial charge in [0.2, 0.25) is 0 Å². The molecule has 0 fully saturated rings. The minimum Gasteiger partial charge on any atom is -0.389 e. The van der Waals surface area contributed by atoms with Crippen molar-refractivity contribution < 1.29 is 22.6 Å². The number of aliphatic hydroxyl groups excluding tert-OH is 1. The molecule has 0 aliphatic rings. The number of hydrogen-bond acceptors (Lipinski definition) is 6. The van der Waals surface area contributed by atoms with Crippen LogP contribution >= 0.6 is 11.6 Å². The van der Waals surface area contributed by atoms with Crippen molar-refractivity contribution in [2.75, 3.05) is 12.5 Å². The molecule has 1 N–H and O–H groups in total. The van der Waals surface area contributed by atoms with Crippen LogP contribution in [0.3, 0.4) is 0 Å². The molecule has 0 aliphatic heterocycles. The molecular weight excluding hydrogens is 286 g/mol. The van der Waals surface area contributed by atoms with E-state index in [1.54, 1.807) is 0 Å². The standard InChI is InChI=1S/C9H10ClNO6S/c10-5-8(12)6-17-18(15,16)9-3-1-2-7(4-9)11(13)14/h1-4,8,12H,5-6H2/t8-/m1/s1. The van der Waals surface area contributed by atoms with Crippen LogP contribution in [0.4, 0.5) is 5.69 Å². The van der Waals surface area contributed by atoms with Crippen molar-refractivity contribution in [2.45, 2.75) is 11.0 Å². The van der Waals surface area contributed by atoms with Crippen molar-refractivity contribution in [3.8, 4) is 0 Å². The molecule has 0 unspecified atom stereocenters. The average molecular weight is 296 g/mol. The molecule has 0 aromatic heterocycles. The molecule has 18 heavy (non-hydrogen) atoms. The zero-order chi connectivity index (χ0) is 13.8. The summed E-state index contributed by atoms with van der Waals surface area (Å²) in [5.41, 5.74) is -0.363. The molecule has 0 radical (unpaired) electrons. The highest BCUT2D eigenvalue weighted by atomic mass is 35.5. The molecule has 0 spiro atoms. The van der Waals surface area contributed by atoms with Crippen LogP contribution in [-0.2, 0) is 14.3 Å². The van der Waals surface area contributed by atoms with Crippen LogP contribution < -0.4 is 0 Å². The third-order valence-corrected chi connectivity index (χ3v) is 3.54. The van der Waals surface area contributed by atoms with E-state index in [-0.39, 0.29) is 16.5 Å². The quantitative estimate of drug-likeness (QED) is 0.362. The van der Waals surface area contributed by atoms with Gasteiger partial charge in [-0.3, -0.25) is 14.3 Å². The molecule has 0 bridgehead atoms. The summed E-state index contributed by atoms with van der Waals surface area (Å²) in [5, 5.41) is 19.6. The largest absolute Gasteiger partial charge is 0.389 e. The van der Waals surface area contributed by atoms with E-state index in [0.29, 0.717) is 0 Å². The smallest absolute Gasteiger partial charge is 0.297 e. The van der Waals surface area contributed by atoms with Crippen molar-refractivity contribution in [3.63, 3.8) is 0 Å². The summed E-state index contributed by atoms with van der Waals surface area (Å²) in [6.07, 6.45) is -1.12. The molecule has 1 rings (SSSR count). The lowest BCUT2D eigenvalue weighted by atomic mass is 10.3. The van der Waals surface area contributed by atoms with Crippen LogP contribution in [0.1, 0.15) is 0 Å². The summed E-state index contributed by atoms with van der Waals surface area (Å²) in [6, 6.07) is 4.43. The summed E-state index contributed by atoms with van der Waals surface area (Å²) in [5.74, 6) is -0.176. The zero-order valence-electron chi connectivity index (χ0n) is 9.02. The molecule has 0 saturated heterocycles. The number of nitrogens with zero attached hydrogens (tertiary/aromatic N) is 1. The Morgan fingerprint density at radius 1 is 1.50 bits per heavy atom. The van der Waals surface area contributed by atoms with Gasteiger partial charge in [-0.05, 0) is 6.07 Å². The van der Waals surface area contributed by atoms with Crippen molar-refractivity contribution in [2.24, 2.45) is 0 Å². The molecule has 0 aliphatic carbocycles. The number of benzene rings is 1. The van der Waals surface area contributed by atoms with Crippen molar-refractivity contribution in [3.05, 3.63) is 34.4 Å². The van der Waals surface area contributed by atoms with E-state index >= 15 is 0 Å². The summed E-state index contributed by atoms with van der Waals surface area (Å²) >= 11 is 5.28. The van der Waals surface area contributed by atoms with Crippen LogP contribution in [0.5, 0.6) is 0 Å². The Bertz CT molecular complexity index is 532. The minimum atomic E-state index is -4.14. The van der Waals surface area contributed by atoms with Gasteiger partial charge < -0.3 is 5.11 Å². The first-order valence-electron chi connectivity index (χ1n) is 4.74. The average Bonchev–Trinajstić information content (AvgIpc) is 2.36. The lowest BCUT2D eigenvalue weighted by molar-refractivity contribution is -0.385. The maximum absolute atomic E-state index is 11.6. The van der Waals surface area contributed by atoms with Crippen molar-refractivity contribution in [1.82, 2.24) is 0 Å². The van der Waals surface area contributed by atoms with Gasteiger partial charge in [0.25, 0.3) is 15.8 Å². The second-order valence-corrected chi connectivity index (χ2v) is 5.23. The van der Waals surface area contributed by atoms with E-state index < -0.39 is 27.8 Å². The fraction of sp³-hybridized carbons (Fsp3) is 0.333. The Kier molecular flexibility index (Phi) is 5.03. The Labute approximate surface area is 108 Å². The predicted octanol–water partition coefficient (Wildman–Crippen LogP) is 0.900. The summed E-state index contributed by atoms with van der Waals surface area (Å²) in [7, 11) is -4.14. The van der Waals surface area contributed by atoms with E-state index in [4.69, 9.17) is 16.7 Å². The highest BCUT2D eigenvalue weighted by molar-refractivity contribution is 7.86. The van der Waals surface area contributed by atoms with Gasteiger partial charge in [0.1, 0.15) is 4.90 Å². The Balaban J connectivity index is 2.91. The Morgan fingerprint density at radius 2 is 2.17 bits per heavy atom. The maximum Gasteiger partial charge on any atom is 0.297 e. The lowest BCUT2D eigenvalue weighted by Crippen LogP contribution is -2.20. The van der Waals surface area contributed by atoms with Crippen molar-refractivity contribution >= 4 is 27.4 Å². The van der Waals surface area contributed by atoms with Gasteiger partial charge in [0.05, 0.1) is 23.5 Å². The summed E-state index contributed by atoms with van der Waals surface area (Å²) in [4.78, 5) is 9.44. The fourth-order valence-electron chi connectivity index (χ4n) is 1.03. The molecule has 0 saturated carbocycles. The van der Waals surface area contributed by atoms with Crippen LogP contribution in [0.15, 0.2) is 29.2 Å². The third-order valence-electron chi connectivity index (χ3n) is 1.91. The first-order valence-corrected chi connectivity index (χ1v) is 6.69. The maximum atomic E-state index is 11.6. The van der Waals surface area contributed by atoms with Crippen LogP contribution in [-0.4, -0.2) is 37.0 Å². The number of rotatable bonds is 6. The van der Waals surface area contributed by atoms with E-state index in [1.807, 2.05) is 0 Å². The van der Waals surface area contributed by atoms with Crippen LogP contribution in [0, 0.1) is 10.1 Å². The van der Waals surface area contributed by atoms with Gasteiger partial charge in [0.15, 0.2) is 0 Å².